The Bertz CT molecular complexity index is 2320. The van der Waals surface area contributed by atoms with Crippen LogP contribution in [0, 0.1) is 0 Å². The standard InChI is InChI=1S/C37H40Cl2N6O7S2/c1-5-6-19-45-23-34(30-17-9-25(38)21-31(30)39)41-36(45)33(42-37(46)40-26-10-15-28(51-2)16-11-26)20-24-7-13-29(14-8-24)52-35-18-12-27(43-53(3,47)48)22-32(35)44-54(4,49)50/h7-18,21-23,33,43-44H,5-6,19-20H2,1-4H3,(H2,40,42,46)/t33-/m0/s1. The third-order valence-electron chi connectivity index (χ3n) is 7.90. The van der Waals surface area contributed by atoms with Crippen molar-refractivity contribution in [2.75, 3.05) is 34.4 Å². The van der Waals surface area contributed by atoms with Crippen molar-refractivity contribution in [2.45, 2.75) is 38.8 Å². The first kappa shape index (κ1) is 40.2. The molecule has 0 spiro atoms. The second-order valence-corrected chi connectivity index (χ2v) is 16.8. The first-order chi connectivity index (χ1) is 25.6. The number of nitrogens with zero attached hydrogens (tertiary/aromatic N) is 2. The Balaban J connectivity index is 1.45. The Morgan fingerprint density at radius 1 is 0.852 bits per heavy atom. The van der Waals surface area contributed by atoms with Crippen LogP contribution in [0.1, 0.15) is 37.2 Å². The van der Waals surface area contributed by atoms with E-state index in [0.29, 0.717) is 57.3 Å². The maximum atomic E-state index is 13.5. The molecular formula is C37H40Cl2N6O7S2. The van der Waals surface area contributed by atoms with Crippen molar-refractivity contribution in [3.8, 4) is 28.5 Å². The predicted octanol–water partition coefficient (Wildman–Crippen LogP) is 8.31. The fraction of sp³-hybridized carbons (Fsp3) is 0.243. The second-order valence-electron chi connectivity index (χ2n) is 12.4. The van der Waals surface area contributed by atoms with Crippen LogP contribution in [0.5, 0.6) is 17.2 Å². The molecule has 0 unspecified atom stereocenters. The van der Waals surface area contributed by atoms with Gasteiger partial charge in [-0.2, -0.15) is 0 Å². The van der Waals surface area contributed by atoms with Crippen molar-refractivity contribution in [3.63, 3.8) is 0 Å². The summed E-state index contributed by atoms with van der Waals surface area (Å²) in [6, 6.07) is 22.4. The molecule has 54 heavy (non-hydrogen) atoms. The molecule has 0 bridgehead atoms. The lowest BCUT2D eigenvalue weighted by Crippen LogP contribution is -2.35. The van der Waals surface area contributed by atoms with E-state index in [1.54, 1.807) is 55.6 Å². The highest BCUT2D eigenvalue weighted by molar-refractivity contribution is 7.92. The van der Waals surface area contributed by atoms with Gasteiger partial charge in [0.2, 0.25) is 20.0 Å². The van der Waals surface area contributed by atoms with Crippen LogP contribution in [0.15, 0.2) is 91.1 Å². The number of carbonyl (C=O) groups is 1. The molecule has 5 aromatic rings. The van der Waals surface area contributed by atoms with Crippen LogP contribution >= 0.6 is 23.2 Å². The van der Waals surface area contributed by atoms with Crippen molar-refractivity contribution in [2.24, 2.45) is 0 Å². The molecule has 5 rings (SSSR count). The van der Waals surface area contributed by atoms with Crippen LogP contribution in [0.3, 0.4) is 0 Å². The number of hydrogen-bond acceptors (Lipinski definition) is 8. The predicted molar refractivity (Wildman–Crippen MR) is 214 cm³/mol. The van der Waals surface area contributed by atoms with Gasteiger partial charge in [-0.15, -0.1) is 0 Å². The molecular weight excluding hydrogens is 775 g/mol. The molecule has 0 radical (unpaired) electrons. The molecule has 2 amide bonds. The number of urea groups is 1. The number of aryl methyl sites for hydroxylation is 1. The average Bonchev–Trinajstić information content (AvgIpc) is 3.51. The number of aromatic nitrogens is 2. The van der Waals surface area contributed by atoms with Crippen molar-refractivity contribution in [1.29, 1.82) is 0 Å². The highest BCUT2D eigenvalue weighted by Gasteiger charge is 2.24. The third kappa shape index (κ3) is 11.5. The smallest absolute Gasteiger partial charge is 0.319 e. The van der Waals surface area contributed by atoms with Gasteiger partial charge in [0.15, 0.2) is 5.75 Å². The van der Waals surface area contributed by atoms with Crippen molar-refractivity contribution >= 4 is 66.3 Å². The minimum absolute atomic E-state index is 0.0397. The van der Waals surface area contributed by atoms with Crippen LogP contribution in [-0.4, -0.2) is 52.0 Å². The molecule has 4 N–H and O–H groups in total. The maximum absolute atomic E-state index is 13.5. The third-order valence-corrected chi connectivity index (χ3v) is 9.65. The van der Waals surface area contributed by atoms with Gasteiger partial charge >= 0.3 is 6.03 Å². The van der Waals surface area contributed by atoms with Gasteiger partial charge < -0.3 is 24.7 Å². The van der Waals surface area contributed by atoms with Crippen LogP contribution in [0.2, 0.25) is 10.0 Å². The second kappa shape index (κ2) is 17.5. The summed E-state index contributed by atoms with van der Waals surface area (Å²) in [5, 5.41) is 6.94. The monoisotopic (exact) mass is 814 g/mol. The number of sulfonamides is 2. The topological polar surface area (TPSA) is 170 Å². The minimum atomic E-state index is -3.74. The number of amides is 2. The summed E-state index contributed by atoms with van der Waals surface area (Å²) in [6.07, 6.45) is 6.03. The lowest BCUT2D eigenvalue weighted by Gasteiger charge is -2.21. The molecule has 0 aliphatic rings. The molecule has 0 saturated heterocycles. The number of rotatable bonds is 16. The first-order valence-corrected chi connectivity index (χ1v) is 21.2. The highest BCUT2D eigenvalue weighted by atomic mass is 35.5. The molecule has 17 heteroatoms. The zero-order chi connectivity index (χ0) is 39.0. The lowest BCUT2D eigenvalue weighted by molar-refractivity contribution is 0.247. The zero-order valence-corrected chi connectivity index (χ0v) is 33.0. The Morgan fingerprint density at radius 2 is 1.52 bits per heavy atom. The highest BCUT2D eigenvalue weighted by Crippen LogP contribution is 2.35. The molecule has 0 aliphatic heterocycles. The molecule has 13 nitrogen and oxygen atoms in total. The van der Waals surface area contributed by atoms with Gasteiger partial charge in [0, 0.05) is 29.0 Å². The first-order valence-electron chi connectivity index (χ1n) is 16.7. The van der Waals surface area contributed by atoms with E-state index in [9.17, 15) is 21.6 Å². The summed E-state index contributed by atoms with van der Waals surface area (Å²) >= 11 is 12.8. The molecule has 1 heterocycles. The maximum Gasteiger partial charge on any atom is 0.319 e. The van der Waals surface area contributed by atoms with Gasteiger partial charge in [0.25, 0.3) is 0 Å². The van der Waals surface area contributed by atoms with E-state index in [1.165, 1.54) is 18.2 Å². The van der Waals surface area contributed by atoms with Gasteiger partial charge in [-0.1, -0.05) is 48.7 Å². The van der Waals surface area contributed by atoms with Crippen molar-refractivity contribution in [1.82, 2.24) is 14.9 Å². The number of hydrogen-bond donors (Lipinski definition) is 4. The molecule has 0 fully saturated rings. The molecule has 1 atom stereocenters. The Kier molecular flexibility index (Phi) is 13.0. The number of methoxy groups -OCH3 is 1. The molecule has 0 saturated carbocycles. The number of halogens is 2. The van der Waals surface area contributed by atoms with Gasteiger partial charge in [-0.05, 0) is 91.2 Å². The Morgan fingerprint density at radius 3 is 2.15 bits per heavy atom. The van der Waals surface area contributed by atoms with Crippen LogP contribution in [0.25, 0.3) is 11.3 Å². The van der Waals surface area contributed by atoms with E-state index in [0.717, 1.165) is 30.9 Å². The molecule has 0 aliphatic carbocycles. The Labute approximate surface area is 325 Å². The number of ether oxygens (including phenoxy) is 2. The average molecular weight is 816 g/mol. The summed E-state index contributed by atoms with van der Waals surface area (Å²) < 4.78 is 65.7. The number of carbonyl (C=O) groups excluding carboxylic acids is 1. The number of benzene rings is 4. The largest absolute Gasteiger partial charge is 0.497 e. The van der Waals surface area contributed by atoms with Gasteiger partial charge in [0.05, 0.1) is 47.8 Å². The zero-order valence-electron chi connectivity index (χ0n) is 29.9. The van der Waals surface area contributed by atoms with Gasteiger partial charge in [-0.25, -0.2) is 26.6 Å². The van der Waals surface area contributed by atoms with E-state index in [2.05, 4.69) is 27.0 Å². The fourth-order valence-corrected chi connectivity index (χ4v) is 7.10. The summed E-state index contributed by atoms with van der Waals surface area (Å²) in [7, 11) is -5.78. The van der Waals surface area contributed by atoms with Crippen molar-refractivity contribution < 1.29 is 31.1 Å². The minimum Gasteiger partial charge on any atom is -0.497 e. The van der Waals surface area contributed by atoms with E-state index >= 15 is 0 Å². The Hall–Kier alpha value is -4.96. The van der Waals surface area contributed by atoms with Crippen LogP contribution < -0.4 is 29.6 Å². The van der Waals surface area contributed by atoms with E-state index in [1.807, 2.05) is 29.0 Å². The number of unbranched alkanes of at least 4 members (excludes halogenated alkanes) is 1. The lowest BCUT2D eigenvalue weighted by atomic mass is 10.0. The van der Waals surface area contributed by atoms with Gasteiger partial charge in [0.1, 0.15) is 17.3 Å². The van der Waals surface area contributed by atoms with E-state index in [4.69, 9.17) is 37.7 Å². The SMILES string of the molecule is CCCCn1cc(-c2ccc(Cl)cc2Cl)nc1[C@H](Cc1ccc(Oc2ccc(NS(C)(=O)=O)cc2NS(C)(=O)=O)cc1)NC(=O)Nc1ccc(OC)cc1. The summed E-state index contributed by atoms with van der Waals surface area (Å²) in [4.78, 5) is 18.5. The number of anilines is 3. The quantitative estimate of drug-likeness (QED) is 0.0771. The molecule has 4 aromatic carbocycles. The van der Waals surface area contributed by atoms with Crippen molar-refractivity contribution in [3.05, 3.63) is 113 Å². The van der Waals surface area contributed by atoms with Gasteiger partial charge in [-0.3, -0.25) is 9.44 Å². The molecule has 286 valence electrons. The number of nitrogens with one attached hydrogen (secondary N) is 4. The van der Waals surface area contributed by atoms with Crippen LogP contribution in [-0.2, 0) is 33.0 Å². The molecule has 1 aromatic heterocycles. The number of imidazole rings is 1. The summed E-state index contributed by atoms with van der Waals surface area (Å²) in [6.45, 7) is 2.74. The van der Waals surface area contributed by atoms with E-state index < -0.39 is 32.1 Å². The van der Waals surface area contributed by atoms with Crippen LogP contribution in [0.4, 0.5) is 21.9 Å². The van der Waals surface area contributed by atoms with E-state index in [-0.39, 0.29) is 17.1 Å². The summed E-state index contributed by atoms with van der Waals surface area (Å²) in [5.74, 6) is 1.80. The summed E-state index contributed by atoms with van der Waals surface area (Å²) in [5.41, 5.74) is 2.92. The fourth-order valence-electron chi connectivity index (χ4n) is 5.48. The normalized spacial score (nSPS) is 12.1.